The van der Waals surface area contributed by atoms with E-state index in [2.05, 4.69) is 51.3 Å². The number of morpholine rings is 1. The van der Waals surface area contributed by atoms with Crippen molar-refractivity contribution in [1.82, 2.24) is 4.98 Å². The Morgan fingerprint density at radius 2 is 1.59 bits per heavy atom. The molecule has 3 heterocycles. The van der Waals surface area contributed by atoms with Crippen LogP contribution in [0.4, 0.5) is 17.2 Å². The normalized spacial score (nSPS) is 16.0. The Morgan fingerprint density at radius 3 is 2.24 bits per heavy atom. The van der Waals surface area contributed by atoms with Crippen LogP contribution in [0.15, 0.2) is 42.6 Å². The smallest absolute Gasteiger partial charge is 0.149 e. The predicted molar refractivity (Wildman–Crippen MR) is 144 cm³/mol. The number of nitrogens with zero attached hydrogens (tertiary/aromatic N) is 3. The molecule has 2 aromatic rings. The maximum atomic E-state index is 11.1. The lowest BCUT2D eigenvalue weighted by Crippen LogP contribution is -2.36. The van der Waals surface area contributed by atoms with Crippen molar-refractivity contribution in [2.24, 2.45) is 0 Å². The van der Waals surface area contributed by atoms with Crippen LogP contribution in [0.3, 0.4) is 0 Å². The fourth-order valence-corrected chi connectivity index (χ4v) is 4.35. The average Bonchev–Trinajstić information content (AvgIpc) is 2.86. The Labute approximate surface area is 206 Å². The first kappa shape index (κ1) is 27.9. The molecule has 1 aromatic heterocycles. The molecule has 0 amide bonds. The second kappa shape index (κ2) is 14.8. The number of sulfone groups is 1. The SMILES string of the molecule is CC.CS(=O)(=O)CCNc1cc(N2CCOCC2)ccn1.Cc1cccc(N2CCCCC2)c1. The van der Waals surface area contributed by atoms with E-state index in [1.807, 2.05) is 26.0 Å². The van der Waals surface area contributed by atoms with E-state index in [-0.39, 0.29) is 5.75 Å². The van der Waals surface area contributed by atoms with Crippen LogP contribution in [0.1, 0.15) is 38.7 Å². The van der Waals surface area contributed by atoms with Crippen molar-refractivity contribution in [2.45, 2.75) is 40.0 Å². The molecule has 0 atom stereocenters. The highest BCUT2D eigenvalue weighted by Gasteiger charge is 2.12. The molecule has 2 aliphatic rings. The van der Waals surface area contributed by atoms with E-state index in [1.165, 1.54) is 49.9 Å². The van der Waals surface area contributed by atoms with E-state index in [4.69, 9.17) is 4.74 Å². The molecule has 190 valence electrons. The number of aryl methyl sites for hydroxylation is 1. The summed E-state index contributed by atoms with van der Waals surface area (Å²) in [5.74, 6) is 0.809. The van der Waals surface area contributed by atoms with Gasteiger partial charge in [0.1, 0.15) is 15.7 Å². The van der Waals surface area contributed by atoms with Gasteiger partial charge in [0.2, 0.25) is 0 Å². The zero-order chi connectivity index (χ0) is 24.8. The molecular weight excluding hydrogens is 448 g/mol. The van der Waals surface area contributed by atoms with Crippen molar-refractivity contribution in [3.8, 4) is 0 Å². The van der Waals surface area contributed by atoms with E-state index in [0.717, 1.165) is 32.0 Å². The van der Waals surface area contributed by atoms with Crippen molar-refractivity contribution >= 4 is 27.0 Å². The van der Waals surface area contributed by atoms with Crippen molar-refractivity contribution in [3.05, 3.63) is 48.2 Å². The van der Waals surface area contributed by atoms with E-state index < -0.39 is 9.84 Å². The summed E-state index contributed by atoms with van der Waals surface area (Å²) in [4.78, 5) is 8.92. The van der Waals surface area contributed by atoms with Crippen molar-refractivity contribution in [1.29, 1.82) is 0 Å². The van der Waals surface area contributed by atoms with Crippen LogP contribution < -0.4 is 15.1 Å². The molecule has 0 bridgehead atoms. The summed E-state index contributed by atoms with van der Waals surface area (Å²) in [5.41, 5.74) is 3.85. The van der Waals surface area contributed by atoms with Crippen LogP contribution in [0.25, 0.3) is 0 Å². The maximum absolute atomic E-state index is 11.1. The quantitative estimate of drug-likeness (QED) is 0.644. The summed E-state index contributed by atoms with van der Waals surface area (Å²) < 4.78 is 27.4. The second-order valence-corrected chi connectivity index (χ2v) is 10.7. The van der Waals surface area contributed by atoms with Gasteiger partial charge in [-0.3, -0.25) is 0 Å². The number of rotatable bonds is 6. The minimum absolute atomic E-state index is 0.108. The monoisotopic (exact) mass is 490 g/mol. The Bertz CT molecular complexity index is 941. The molecule has 0 unspecified atom stereocenters. The largest absolute Gasteiger partial charge is 0.378 e. The lowest BCUT2D eigenvalue weighted by atomic mass is 10.1. The fourth-order valence-electron chi connectivity index (χ4n) is 3.88. The molecule has 8 heteroatoms. The maximum Gasteiger partial charge on any atom is 0.149 e. The molecule has 0 radical (unpaired) electrons. The number of ether oxygens (including phenoxy) is 1. The van der Waals surface area contributed by atoms with Gasteiger partial charge in [0.25, 0.3) is 0 Å². The third kappa shape index (κ3) is 10.3. The van der Waals surface area contributed by atoms with Crippen molar-refractivity contribution in [3.63, 3.8) is 0 Å². The van der Waals surface area contributed by atoms with E-state index in [0.29, 0.717) is 12.4 Å². The molecule has 34 heavy (non-hydrogen) atoms. The summed E-state index contributed by atoms with van der Waals surface area (Å²) in [6, 6.07) is 12.7. The van der Waals surface area contributed by atoms with Gasteiger partial charge >= 0.3 is 0 Å². The minimum atomic E-state index is -2.94. The fraction of sp³-hybridized carbons (Fsp3) is 0.577. The molecule has 0 aliphatic carbocycles. The van der Waals surface area contributed by atoms with Gasteiger partial charge in [-0.2, -0.15) is 0 Å². The lowest BCUT2D eigenvalue weighted by Gasteiger charge is -2.28. The highest BCUT2D eigenvalue weighted by molar-refractivity contribution is 7.90. The molecular formula is C26H42N4O3S. The highest BCUT2D eigenvalue weighted by Crippen LogP contribution is 2.20. The van der Waals surface area contributed by atoms with E-state index >= 15 is 0 Å². The number of hydrogen-bond acceptors (Lipinski definition) is 7. The Balaban J connectivity index is 0.000000237. The van der Waals surface area contributed by atoms with Gasteiger partial charge in [0.05, 0.1) is 19.0 Å². The van der Waals surface area contributed by atoms with Crippen LogP contribution in [-0.4, -0.2) is 71.3 Å². The summed E-state index contributed by atoms with van der Waals surface area (Å²) in [5, 5.41) is 3.03. The molecule has 2 fully saturated rings. The average molecular weight is 491 g/mol. The molecule has 2 aliphatic heterocycles. The number of benzene rings is 1. The molecule has 0 spiro atoms. The van der Waals surface area contributed by atoms with E-state index in [1.54, 1.807) is 6.20 Å². The van der Waals surface area contributed by atoms with Gasteiger partial charge in [-0.25, -0.2) is 13.4 Å². The topological polar surface area (TPSA) is 74.8 Å². The second-order valence-electron chi connectivity index (χ2n) is 8.44. The summed E-state index contributed by atoms with van der Waals surface area (Å²) in [6.07, 6.45) is 7.07. The van der Waals surface area contributed by atoms with Crippen LogP contribution in [0.2, 0.25) is 0 Å². The lowest BCUT2D eigenvalue weighted by molar-refractivity contribution is 0.122. The van der Waals surface area contributed by atoms with Crippen molar-refractivity contribution in [2.75, 3.05) is 73.1 Å². The first-order valence-corrected chi connectivity index (χ1v) is 14.5. The van der Waals surface area contributed by atoms with Gasteiger partial charge in [0, 0.05) is 62.6 Å². The standard InChI is InChI=1S/C12H19N3O3S.C12H17N.C2H6/c1-19(16,17)9-4-14-12-10-11(2-3-13-12)15-5-7-18-8-6-15;1-11-6-5-7-12(10-11)13-8-3-2-4-9-13;1-2/h2-3,10H,4-9H2,1H3,(H,13,14);5-7,10H,2-4,8-9H2,1H3;1-2H3. The zero-order valence-electron chi connectivity index (χ0n) is 21.3. The first-order valence-electron chi connectivity index (χ1n) is 12.4. The number of aromatic nitrogens is 1. The van der Waals surface area contributed by atoms with Crippen LogP contribution in [0.5, 0.6) is 0 Å². The van der Waals surface area contributed by atoms with Gasteiger partial charge in [-0.15, -0.1) is 0 Å². The Hall–Kier alpha value is -2.32. The number of pyridine rings is 1. The number of anilines is 3. The number of hydrogen-bond donors (Lipinski definition) is 1. The molecule has 1 N–H and O–H groups in total. The molecule has 7 nitrogen and oxygen atoms in total. The Kier molecular flexibility index (Phi) is 12.2. The summed E-state index contributed by atoms with van der Waals surface area (Å²) >= 11 is 0. The van der Waals surface area contributed by atoms with Gasteiger partial charge in [0.15, 0.2) is 0 Å². The molecule has 1 aromatic carbocycles. The predicted octanol–water partition coefficient (Wildman–Crippen LogP) is 4.39. The summed E-state index contributed by atoms with van der Waals surface area (Å²) in [7, 11) is -2.94. The van der Waals surface area contributed by atoms with Crippen molar-refractivity contribution < 1.29 is 13.2 Å². The van der Waals surface area contributed by atoms with Gasteiger partial charge in [-0.05, 0) is 49.9 Å². The molecule has 4 rings (SSSR count). The number of piperidine rings is 1. The third-order valence-corrected chi connectivity index (χ3v) is 6.57. The molecule has 0 saturated carbocycles. The zero-order valence-corrected chi connectivity index (χ0v) is 22.1. The highest BCUT2D eigenvalue weighted by atomic mass is 32.2. The van der Waals surface area contributed by atoms with Crippen LogP contribution >= 0.6 is 0 Å². The van der Waals surface area contributed by atoms with Gasteiger partial charge in [-0.1, -0.05) is 26.0 Å². The third-order valence-electron chi connectivity index (χ3n) is 5.62. The van der Waals surface area contributed by atoms with E-state index in [9.17, 15) is 8.42 Å². The Morgan fingerprint density at radius 1 is 0.941 bits per heavy atom. The van der Waals surface area contributed by atoms with Crippen LogP contribution in [0, 0.1) is 6.92 Å². The van der Waals surface area contributed by atoms with Crippen LogP contribution in [-0.2, 0) is 14.6 Å². The van der Waals surface area contributed by atoms with Gasteiger partial charge < -0.3 is 19.9 Å². The first-order chi connectivity index (χ1) is 16.4. The molecule has 2 saturated heterocycles. The summed E-state index contributed by atoms with van der Waals surface area (Å²) in [6.45, 7) is 12.2. The minimum Gasteiger partial charge on any atom is -0.378 e. The number of nitrogens with one attached hydrogen (secondary N) is 1.